The van der Waals surface area contributed by atoms with Crippen molar-refractivity contribution in [2.24, 2.45) is 11.8 Å². The zero-order valence-electron chi connectivity index (χ0n) is 11.1. The summed E-state index contributed by atoms with van der Waals surface area (Å²) in [4.78, 5) is 12.2. The molecule has 1 aliphatic rings. The third kappa shape index (κ3) is 3.10. The lowest BCUT2D eigenvalue weighted by atomic mass is 9.95. The van der Waals surface area contributed by atoms with Crippen molar-refractivity contribution in [3.05, 3.63) is 29.8 Å². The summed E-state index contributed by atoms with van der Waals surface area (Å²) in [6, 6.07) is 7.48. The normalized spacial score (nSPS) is 18.6. The Morgan fingerprint density at radius 3 is 2.94 bits per heavy atom. The molecular weight excluding hydrogens is 226 g/mol. The average molecular weight is 247 g/mol. The van der Waals surface area contributed by atoms with Crippen LogP contribution in [0.3, 0.4) is 0 Å². The molecule has 1 N–H and O–H groups in total. The Morgan fingerprint density at radius 2 is 2.17 bits per heavy atom. The van der Waals surface area contributed by atoms with Crippen LogP contribution in [0.25, 0.3) is 0 Å². The van der Waals surface area contributed by atoms with Crippen molar-refractivity contribution in [3.8, 4) is 5.75 Å². The highest BCUT2D eigenvalue weighted by Crippen LogP contribution is 2.26. The highest BCUT2D eigenvalue weighted by atomic mass is 16.5. The van der Waals surface area contributed by atoms with Crippen molar-refractivity contribution < 1.29 is 9.53 Å². The molecule has 0 bridgehead atoms. The second kappa shape index (κ2) is 6.01. The van der Waals surface area contributed by atoms with Crippen molar-refractivity contribution in [1.82, 2.24) is 5.32 Å². The number of hydrogen-bond acceptors (Lipinski definition) is 3. The number of para-hydroxylation sites is 1. The molecule has 2 rings (SSSR count). The van der Waals surface area contributed by atoms with Gasteiger partial charge in [0.15, 0.2) is 5.78 Å². The Kier molecular flexibility index (Phi) is 4.37. The van der Waals surface area contributed by atoms with Gasteiger partial charge in [-0.2, -0.15) is 0 Å². The van der Waals surface area contributed by atoms with Crippen LogP contribution in [-0.2, 0) is 0 Å². The first kappa shape index (κ1) is 13.1. The summed E-state index contributed by atoms with van der Waals surface area (Å²) in [7, 11) is 0. The van der Waals surface area contributed by atoms with E-state index in [0.717, 1.165) is 24.3 Å². The summed E-state index contributed by atoms with van der Waals surface area (Å²) in [6.07, 6.45) is 1.14. The van der Waals surface area contributed by atoms with Gasteiger partial charge in [-0.05, 0) is 31.0 Å². The Morgan fingerprint density at radius 1 is 1.39 bits per heavy atom. The summed E-state index contributed by atoms with van der Waals surface area (Å²) in [5.41, 5.74) is 0.722. The van der Waals surface area contributed by atoms with E-state index in [9.17, 15) is 4.79 Å². The average Bonchev–Trinajstić information content (AvgIpc) is 2.37. The summed E-state index contributed by atoms with van der Waals surface area (Å²) in [5.74, 6) is 1.57. The molecule has 1 aromatic carbocycles. The van der Waals surface area contributed by atoms with E-state index < -0.39 is 0 Å². The molecule has 0 saturated heterocycles. The molecule has 1 heterocycles. The van der Waals surface area contributed by atoms with Gasteiger partial charge >= 0.3 is 0 Å². The van der Waals surface area contributed by atoms with Crippen LogP contribution in [-0.4, -0.2) is 25.5 Å². The number of benzene rings is 1. The number of carbonyl (C=O) groups is 1. The molecule has 0 aliphatic carbocycles. The van der Waals surface area contributed by atoms with Gasteiger partial charge in [0.1, 0.15) is 5.75 Å². The Balaban J connectivity index is 1.88. The van der Waals surface area contributed by atoms with Crippen LogP contribution in [0.2, 0.25) is 0 Å². The summed E-state index contributed by atoms with van der Waals surface area (Å²) < 4.78 is 5.62. The number of rotatable bonds is 5. The fraction of sp³-hybridized carbons (Fsp3) is 0.533. The van der Waals surface area contributed by atoms with Gasteiger partial charge in [-0.25, -0.2) is 0 Å². The number of ether oxygens (including phenoxy) is 1. The molecule has 3 nitrogen and oxygen atoms in total. The molecule has 98 valence electrons. The Bertz CT molecular complexity index is 415. The van der Waals surface area contributed by atoms with Crippen molar-refractivity contribution in [2.75, 3.05) is 19.7 Å². The van der Waals surface area contributed by atoms with Gasteiger partial charge in [-0.15, -0.1) is 0 Å². The quantitative estimate of drug-likeness (QED) is 0.812. The first-order valence-corrected chi connectivity index (χ1v) is 6.65. The molecule has 0 radical (unpaired) electrons. The van der Waals surface area contributed by atoms with E-state index in [1.165, 1.54) is 0 Å². The number of carbonyl (C=O) groups excluding carboxylic acids is 1. The highest BCUT2D eigenvalue weighted by Gasteiger charge is 2.27. The van der Waals surface area contributed by atoms with Crippen LogP contribution in [0.5, 0.6) is 5.75 Å². The topological polar surface area (TPSA) is 38.3 Å². The van der Waals surface area contributed by atoms with E-state index in [1.54, 1.807) is 0 Å². The van der Waals surface area contributed by atoms with Crippen LogP contribution < -0.4 is 10.1 Å². The monoisotopic (exact) mass is 247 g/mol. The minimum absolute atomic E-state index is 0.0490. The van der Waals surface area contributed by atoms with Gasteiger partial charge in [-0.3, -0.25) is 4.79 Å². The maximum Gasteiger partial charge on any atom is 0.174 e. The van der Waals surface area contributed by atoms with E-state index >= 15 is 0 Å². The van der Waals surface area contributed by atoms with Crippen molar-refractivity contribution >= 4 is 5.78 Å². The summed E-state index contributed by atoms with van der Waals surface area (Å²) >= 11 is 0. The fourth-order valence-corrected chi connectivity index (χ4v) is 2.10. The Labute approximate surface area is 109 Å². The highest BCUT2D eigenvalue weighted by molar-refractivity contribution is 6.01. The fourth-order valence-electron chi connectivity index (χ4n) is 2.10. The molecule has 0 saturated carbocycles. The van der Waals surface area contributed by atoms with Crippen LogP contribution in [0.4, 0.5) is 0 Å². The lowest BCUT2D eigenvalue weighted by Crippen LogP contribution is -2.36. The summed E-state index contributed by atoms with van der Waals surface area (Å²) in [6.45, 7) is 6.56. The number of Topliss-reactive ketones (excluding diaryl/α,β-unsaturated/α-hetero) is 1. The zero-order chi connectivity index (χ0) is 13.0. The smallest absolute Gasteiger partial charge is 0.174 e. The Hall–Kier alpha value is -1.35. The molecule has 1 atom stereocenters. The largest absolute Gasteiger partial charge is 0.492 e. The zero-order valence-corrected chi connectivity index (χ0v) is 11.1. The van der Waals surface area contributed by atoms with Gasteiger partial charge < -0.3 is 10.1 Å². The first-order chi connectivity index (χ1) is 8.68. The van der Waals surface area contributed by atoms with Crippen LogP contribution >= 0.6 is 0 Å². The molecule has 0 fully saturated rings. The van der Waals surface area contributed by atoms with Gasteiger partial charge in [0, 0.05) is 6.54 Å². The van der Waals surface area contributed by atoms with Crippen LogP contribution in [0, 0.1) is 11.8 Å². The maximum absolute atomic E-state index is 12.2. The van der Waals surface area contributed by atoms with Crippen LogP contribution in [0.1, 0.15) is 30.6 Å². The number of nitrogens with one attached hydrogen (secondary N) is 1. The molecule has 18 heavy (non-hydrogen) atoms. The van der Waals surface area contributed by atoms with E-state index in [2.05, 4.69) is 19.2 Å². The van der Waals surface area contributed by atoms with E-state index in [4.69, 9.17) is 4.74 Å². The molecular formula is C15H21NO2. The minimum atomic E-state index is -0.0490. The number of hydrogen-bond donors (Lipinski definition) is 1. The predicted octanol–water partition coefficient (Wildman–Crippen LogP) is 2.51. The van der Waals surface area contributed by atoms with Gasteiger partial charge in [0.25, 0.3) is 0 Å². The van der Waals surface area contributed by atoms with Crippen molar-refractivity contribution in [1.29, 1.82) is 0 Å². The van der Waals surface area contributed by atoms with E-state index in [-0.39, 0.29) is 11.7 Å². The van der Waals surface area contributed by atoms with E-state index in [0.29, 0.717) is 19.1 Å². The lowest BCUT2D eigenvalue weighted by molar-refractivity contribution is 0.0829. The second-order valence-corrected chi connectivity index (χ2v) is 5.25. The predicted molar refractivity (Wildman–Crippen MR) is 72.1 cm³/mol. The van der Waals surface area contributed by atoms with Crippen molar-refractivity contribution in [3.63, 3.8) is 0 Å². The molecule has 1 aliphatic heterocycles. The minimum Gasteiger partial charge on any atom is -0.492 e. The number of fused-ring (bicyclic) bond motifs is 1. The standard InChI is InChI=1S/C15H21NO2/c1-11(2)7-8-16-9-12-10-18-14-6-4-3-5-13(14)15(12)17/h3-6,11-12,16H,7-10H2,1-2H3/t12-/m1/s1. The molecule has 0 aromatic heterocycles. The molecule has 3 heteroatoms. The SMILES string of the molecule is CC(C)CCNC[C@@H]1COc2ccccc2C1=O. The lowest BCUT2D eigenvalue weighted by Gasteiger charge is -2.24. The van der Waals surface area contributed by atoms with Gasteiger partial charge in [0.05, 0.1) is 18.1 Å². The number of ketones is 1. The molecule has 1 aromatic rings. The van der Waals surface area contributed by atoms with Crippen LogP contribution in [0.15, 0.2) is 24.3 Å². The molecule has 0 spiro atoms. The second-order valence-electron chi connectivity index (χ2n) is 5.25. The molecule has 0 amide bonds. The maximum atomic E-state index is 12.2. The molecule has 0 unspecified atom stereocenters. The van der Waals surface area contributed by atoms with Gasteiger partial charge in [-0.1, -0.05) is 26.0 Å². The van der Waals surface area contributed by atoms with Gasteiger partial charge in [0.2, 0.25) is 0 Å². The third-order valence-corrected chi connectivity index (χ3v) is 3.25. The third-order valence-electron chi connectivity index (χ3n) is 3.25. The van der Waals surface area contributed by atoms with E-state index in [1.807, 2.05) is 24.3 Å². The summed E-state index contributed by atoms with van der Waals surface area (Å²) in [5, 5.41) is 3.35. The first-order valence-electron chi connectivity index (χ1n) is 6.65. The van der Waals surface area contributed by atoms with Crippen molar-refractivity contribution in [2.45, 2.75) is 20.3 Å².